The fraction of sp³-hybridized carbons (Fsp3) is 0.312. The Bertz CT molecular complexity index is 1020. The third kappa shape index (κ3) is 4.51. The van der Waals surface area contributed by atoms with Gasteiger partial charge in [-0.05, 0) is 18.6 Å². The molecule has 0 saturated carbocycles. The van der Waals surface area contributed by atoms with E-state index in [1.807, 2.05) is 19.1 Å². The molecule has 11 heteroatoms. The first-order valence-corrected chi connectivity index (χ1v) is 9.82. The van der Waals surface area contributed by atoms with Gasteiger partial charge in [0.1, 0.15) is 12.9 Å². The Hall–Kier alpha value is -2.76. The molecule has 0 spiro atoms. The maximum atomic E-state index is 12.3. The Balaban J connectivity index is 2.07. The lowest BCUT2D eigenvalue weighted by Gasteiger charge is -2.15. The molecule has 3 aromatic rings. The minimum absolute atomic E-state index is 0.00824. The Morgan fingerprint density at radius 3 is 2.89 bits per heavy atom. The Labute approximate surface area is 156 Å². The van der Waals surface area contributed by atoms with Gasteiger partial charge < -0.3 is 9.84 Å². The molecule has 0 aromatic carbocycles. The predicted molar refractivity (Wildman–Crippen MR) is 99.6 cm³/mol. The predicted octanol–water partition coefficient (Wildman–Crippen LogP) is 0.819. The molecule has 0 fully saturated rings. The first-order valence-electron chi connectivity index (χ1n) is 8.34. The summed E-state index contributed by atoms with van der Waals surface area (Å²) in [6.07, 6.45) is 5.22. The number of rotatable bonds is 9. The molecule has 0 radical (unpaired) electrons. The van der Waals surface area contributed by atoms with Crippen molar-refractivity contribution < 1.29 is 18.3 Å². The first kappa shape index (κ1) is 19.0. The maximum Gasteiger partial charge on any atom is 0.300 e. The van der Waals surface area contributed by atoms with E-state index in [1.54, 1.807) is 23.0 Å². The number of fused-ring (bicyclic) bond motifs is 1. The van der Waals surface area contributed by atoms with Crippen molar-refractivity contribution in [1.29, 1.82) is 0 Å². The highest BCUT2D eigenvalue weighted by Gasteiger charge is 2.20. The number of pyridine rings is 1. The van der Waals surface area contributed by atoms with Crippen molar-refractivity contribution in [2.45, 2.75) is 13.3 Å². The Morgan fingerprint density at radius 1 is 1.26 bits per heavy atom. The summed E-state index contributed by atoms with van der Waals surface area (Å²) >= 11 is 0. The average Bonchev–Trinajstić information content (AvgIpc) is 3.12. The van der Waals surface area contributed by atoms with E-state index in [2.05, 4.69) is 24.5 Å². The van der Waals surface area contributed by atoms with Crippen LogP contribution >= 0.6 is 0 Å². The van der Waals surface area contributed by atoms with Gasteiger partial charge >= 0.3 is 0 Å². The second kappa shape index (κ2) is 8.29. The second-order valence-corrected chi connectivity index (χ2v) is 7.09. The quantitative estimate of drug-likeness (QED) is 0.491. The number of hydrogen-bond acceptors (Lipinski definition) is 7. The van der Waals surface area contributed by atoms with Crippen LogP contribution in [0.1, 0.15) is 13.3 Å². The van der Waals surface area contributed by atoms with E-state index in [9.17, 15) is 8.42 Å². The molecule has 3 N–H and O–H groups in total. The third-order valence-electron chi connectivity index (χ3n) is 3.60. The van der Waals surface area contributed by atoms with Crippen LogP contribution in [-0.4, -0.2) is 52.9 Å². The van der Waals surface area contributed by atoms with Gasteiger partial charge in [-0.1, -0.05) is 13.0 Å². The lowest BCUT2D eigenvalue weighted by molar-refractivity contribution is 0.197. The van der Waals surface area contributed by atoms with Crippen LogP contribution in [0, 0.1) is 0 Å². The van der Waals surface area contributed by atoms with Gasteiger partial charge in [0.2, 0.25) is 5.88 Å². The average molecular weight is 392 g/mol. The van der Waals surface area contributed by atoms with Crippen molar-refractivity contribution in [2.75, 3.05) is 24.5 Å². The lowest BCUT2D eigenvalue weighted by Crippen LogP contribution is -2.31. The summed E-state index contributed by atoms with van der Waals surface area (Å²) in [6.45, 7) is 1.96. The fourth-order valence-corrected chi connectivity index (χ4v) is 3.38. The van der Waals surface area contributed by atoms with Gasteiger partial charge in [-0.3, -0.25) is 4.72 Å². The van der Waals surface area contributed by atoms with Gasteiger partial charge in [-0.25, -0.2) is 14.5 Å². The molecule has 3 rings (SSSR count). The van der Waals surface area contributed by atoms with Gasteiger partial charge in [0.15, 0.2) is 5.82 Å². The number of nitrogens with one attached hydrogen (secondary N) is 2. The molecule has 0 unspecified atom stereocenters. The Morgan fingerprint density at radius 2 is 2.11 bits per heavy atom. The number of nitrogens with zero attached hydrogens (tertiary/aromatic N) is 4. The van der Waals surface area contributed by atoms with Crippen molar-refractivity contribution in [3.05, 3.63) is 36.9 Å². The zero-order chi connectivity index (χ0) is 19.3. The molecule has 27 heavy (non-hydrogen) atoms. The van der Waals surface area contributed by atoms with Crippen molar-refractivity contribution >= 4 is 21.5 Å². The van der Waals surface area contributed by atoms with Gasteiger partial charge in [-0.2, -0.15) is 18.2 Å². The summed E-state index contributed by atoms with van der Waals surface area (Å²) in [7, 11) is -3.81. The molecule has 0 amide bonds. The first-order chi connectivity index (χ1) is 13.0. The van der Waals surface area contributed by atoms with Gasteiger partial charge in [0, 0.05) is 24.5 Å². The minimum Gasteiger partial charge on any atom is -0.475 e. The second-order valence-electron chi connectivity index (χ2n) is 5.59. The van der Waals surface area contributed by atoms with Crippen LogP contribution in [0.15, 0.2) is 36.9 Å². The van der Waals surface area contributed by atoms with Crippen molar-refractivity contribution in [3.8, 4) is 17.0 Å². The molecule has 0 aliphatic heterocycles. The largest absolute Gasteiger partial charge is 0.475 e. The molecular weight excluding hydrogens is 372 g/mol. The van der Waals surface area contributed by atoms with E-state index < -0.39 is 10.2 Å². The Kier molecular flexibility index (Phi) is 5.84. The fourth-order valence-electron chi connectivity index (χ4n) is 2.42. The standard InChI is InChI=1S/C16H20N6O4S/c1-2-6-20-27(24,25)21-15-14(16(18-11-17-15)26-9-8-23)12-3-4-13-5-7-19-22(13)10-12/h3-5,7,10-11,20,23H,2,6,8-9H2,1H3,(H,17,18,21). The molecule has 3 aromatic heterocycles. The van der Waals surface area contributed by atoms with Crippen LogP contribution in [0.5, 0.6) is 5.88 Å². The molecule has 3 heterocycles. The normalized spacial score (nSPS) is 11.6. The van der Waals surface area contributed by atoms with Gasteiger partial charge in [0.25, 0.3) is 10.2 Å². The van der Waals surface area contributed by atoms with Gasteiger partial charge in [0.05, 0.1) is 17.7 Å². The number of hydrogen-bond donors (Lipinski definition) is 3. The summed E-state index contributed by atoms with van der Waals surface area (Å²) in [4.78, 5) is 8.16. The van der Waals surface area contributed by atoms with Crippen LogP contribution in [0.4, 0.5) is 5.82 Å². The number of anilines is 1. The van der Waals surface area contributed by atoms with Crippen LogP contribution < -0.4 is 14.2 Å². The van der Waals surface area contributed by atoms with Crippen molar-refractivity contribution in [1.82, 2.24) is 24.3 Å². The van der Waals surface area contributed by atoms with Crippen LogP contribution in [0.3, 0.4) is 0 Å². The molecule has 0 aliphatic rings. The summed E-state index contributed by atoms with van der Waals surface area (Å²) in [5, 5.41) is 13.2. The zero-order valence-corrected chi connectivity index (χ0v) is 15.5. The van der Waals surface area contributed by atoms with Crippen LogP contribution in [0.2, 0.25) is 0 Å². The highest BCUT2D eigenvalue weighted by Crippen LogP contribution is 2.34. The molecule has 0 saturated heterocycles. The molecule has 10 nitrogen and oxygen atoms in total. The lowest BCUT2D eigenvalue weighted by atomic mass is 10.1. The minimum atomic E-state index is -3.81. The molecular formula is C16H20N6O4S. The number of aliphatic hydroxyl groups excluding tert-OH is 1. The summed E-state index contributed by atoms with van der Waals surface area (Å²) in [5.74, 6) is 0.215. The summed E-state index contributed by atoms with van der Waals surface area (Å²) < 4.78 is 36.5. The van der Waals surface area contributed by atoms with E-state index in [0.717, 1.165) is 5.52 Å². The molecule has 0 aliphatic carbocycles. The summed E-state index contributed by atoms with van der Waals surface area (Å²) in [5.41, 5.74) is 1.83. The van der Waals surface area contributed by atoms with Gasteiger partial charge in [-0.15, -0.1) is 0 Å². The van der Waals surface area contributed by atoms with Crippen LogP contribution in [-0.2, 0) is 10.2 Å². The SMILES string of the molecule is CCCNS(=O)(=O)Nc1ncnc(OCCO)c1-c1ccc2ccnn2c1. The van der Waals surface area contributed by atoms with Crippen LogP contribution in [0.25, 0.3) is 16.6 Å². The van der Waals surface area contributed by atoms with Crippen molar-refractivity contribution in [3.63, 3.8) is 0 Å². The number of ether oxygens (including phenoxy) is 1. The van der Waals surface area contributed by atoms with Crippen molar-refractivity contribution in [2.24, 2.45) is 0 Å². The topological polar surface area (TPSA) is 131 Å². The number of aromatic nitrogens is 4. The molecule has 0 atom stereocenters. The van der Waals surface area contributed by atoms with E-state index in [4.69, 9.17) is 9.84 Å². The highest BCUT2D eigenvalue weighted by molar-refractivity contribution is 7.90. The van der Waals surface area contributed by atoms with E-state index in [-0.39, 0.29) is 24.9 Å². The zero-order valence-electron chi connectivity index (χ0n) is 14.7. The maximum absolute atomic E-state index is 12.3. The molecule has 0 bridgehead atoms. The highest BCUT2D eigenvalue weighted by atomic mass is 32.2. The van der Waals surface area contributed by atoms with E-state index in [1.165, 1.54) is 6.33 Å². The smallest absolute Gasteiger partial charge is 0.300 e. The molecule has 144 valence electrons. The number of aliphatic hydroxyl groups is 1. The van der Waals surface area contributed by atoms with E-state index >= 15 is 0 Å². The third-order valence-corrected chi connectivity index (χ3v) is 4.65. The monoisotopic (exact) mass is 392 g/mol. The summed E-state index contributed by atoms with van der Waals surface area (Å²) in [6, 6.07) is 5.46. The van der Waals surface area contributed by atoms with E-state index in [0.29, 0.717) is 24.1 Å².